The maximum absolute atomic E-state index is 6.51. The average molecular weight is 313 g/mol. The number of benzene rings is 3. The van der Waals surface area contributed by atoms with Crippen molar-refractivity contribution in [3.05, 3.63) is 60.2 Å². The van der Waals surface area contributed by atoms with Gasteiger partial charge in [-0.05, 0) is 30.0 Å². The van der Waals surface area contributed by atoms with E-state index in [0.29, 0.717) is 5.69 Å². The number of nitrogens with zero attached hydrogens (tertiary/aromatic N) is 1. The Labute approximate surface area is 139 Å². The minimum atomic E-state index is 0.699. The van der Waals surface area contributed by atoms with Crippen molar-refractivity contribution in [2.45, 2.75) is 6.92 Å². The van der Waals surface area contributed by atoms with Crippen molar-refractivity contribution in [3.8, 4) is 22.8 Å². The third-order valence-corrected chi connectivity index (χ3v) is 5.02. The maximum atomic E-state index is 6.51. The van der Waals surface area contributed by atoms with E-state index in [1.165, 1.54) is 16.5 Å². The van der Waals surface area contributed by atoms with E-state index < -0.39 is 0 Å². The van der Waals surface area contributed by atoms with Gasteiger partial charge in [0.25, 0.3) is 5.69 Å². The van der Waals surface area contributed by atoms with Crippen LogP contribution in [0.4, 0.5) is 5.69 Å². The molecule has 0 aliphatic carbocycles. The van der Waals surface area contributed by atoms with E-state index in [2.05, 4.69) is 42.8 Å². The second kappa shape index (κ2) is 4.48. The Morgan fingerprint density at radius 1 is 0.958 bits per heavy atom. The molecule has 3 nitrogen and oxygen atoms in total. The summed E-state index contributed by atoms with van der Waals surface area (Å²) in [6.07, 6.45) is 0. The fourth-order valence-electron chi connectivity index (χ4n) is 3.85. The van der Waals surface area contributed by atoms with Gasteiger partial charge in [0, 0.05) is 11.5 Å². The largest absolute Gasteiger partial charge is 0.447 e. The first kappa shape index (κ1) is 13.4. The molecule has 2 N–H and O–H groups in total. The molecular formula is C21H17N2O+. The van der Waals surface area contributed by atoms with Crippen molar-refractivity contribution in [1.29, 1.82) is 0 Å². The fraction of sp³-hybridized carbons (Fsp3) is 0.0952. The number of para-hydroxylation sites is 1. The molecule has 1 aromatic heterocycles. The van der Waals surface area contributed by atoms with Gasteiger partial charge in [0.15, 0.2) is 0 Å². The normalized spacial score (nSPS) is 12.2. The lowest BCUT2D eigenvalue weighted by molar-refractivity contribution is -0.633. The van der Waals surface area contributed by atoms with E-state index >= 15 is 0 Å². The summed E-state index contributed by atoms with van der Waals surface area (Å²) < 4.78 is 8.47. The maximum Gasteiger partial charge on any atom is 0.259 e. The highest BCUT2D eigenvalue weighted by atomic mass is 16.5. The van der Waals surface area contributed by atoms with Crippen molar-refractivity contribution in [2.75, 3.05) is 5.73 Å². The summed E-state index contributed by atoms with van der Waals surface area (Å²) in [6.45, 7) is 2.14. The summed E-state index contributed by atoms with van der Waals surface area (Å²) in [4.78, 5) is 0. The highest BCUT2D eigenvalue weighted by Gasteiger charge is 2.32. The van der Waals surface area contributed by atoms with E-state index in [1.807, 2.05) is 30.3 Å². The molecule has 0 unspecified atom stereocenters. The lowest BCUT2D eigenvalue weighted by Crippen LogP contribution is -2.34. The molecule has 0 amide bonds. The summed E-state index contributed by atoms with van der Waals surface area (Å²) in [7, 11) is 2.08. The summed E-state index contributed by atoms with van der Waals surface area (Å²) in [5, 5.41) is 3.36. The van der Waals surface area contributed by atoms with Crippen molar-refractivity contribution in [1.82, 2.24) is 0 Å². The Balaban J connectivity index is 2.06. The Kier molecular flexibility index (Phi) is 2.50. The van der Waals surface area contributed by atoms with Gasteiger partial charge in [0.2, 0.25) is 11.3 Å². The second-order valence-electron chi connectivity index (χ2n) is 6.38. The number of pyridine rings is 1. The zero-order valence-electron chi connectivity index (χ0n) is 13.6. The smallest absolute Gasteiger partial charge is 0.259 e. The monoisotopic (exact) mass is 313 g/mol. The minimum Gasteiger partial charge on any atom is -0.447 e. The van der Waals surface area contributed by atoms with Crippen LogP contribution in [-0.4, -0.2) is 0 Å². The summed E-state index contributed by atoms with van der Waals surface area (Å²) >= 11 is 0. The van der Waals surface area contributed by atoms with Crippen molar-refractivity contribution in [2.24, 2.45) is 7.05 Å². The van der Waals surface area contributed by atoms with Crippen LogP contribution in [0.5, 0.6) is 11.5 Å². The van der Waals surface area contributed by atoms with Crippen LogP contribution in [0, 0.1) is 6.92 Å². The molecule has 0 spiro atoms. The van der Waals surface area contributed by atoms with Gasteiger partial charge in [-0.15, -0.1) is 0 Å². The number of hydrogen-bond donors (Lipinski definition) is 1. The third kappa shape index (κ3) is 1.54. The molecule has 1 aliphatic heterocycles. The first-order chi connectivity index (χ1) is 11.7. The molecule has 2 heterocycles. The van der Waals surface area contributed by atoms with E-state index in [0.717, 1.165) is 33.5 Å². The van der Waals surface area contributed by atoms with E-state index in [4.69, 9.17) is 10.5 Å². The first-order valence-electron chi connectivity index (χ1n) is 8.07. The fourth-order valence-corrected chi connectivity index (χ4v) is 3.85. The van der Waals surface area contributed by atoms with E-state index in [-0.39, 0.29) is 0 Å². The Hall–Kier alpha value is -3.07. The quantitative estimate of drug-likeness (QED) is 0.428. The van der Waals surface area contributed by atoms with Gasteiger partial charge >= 0.3 is 0 Å². The minimum absolute atomic E-state index is 0.699. The summed E-state index contributed by atoms with van der Waals surface area (Å²) in [6, 6.07) is 18.7. The highest BCUT2D eigenvalue weighted by Crippen LogP contribution is 2.49. The number of nitrogens with two attached hydrogens (primary N) is 1. The molecule has 1 aliphatic rings. The van der Waals surface area contributed by atoms with Crippen LogP contribution in [-0.2, 0) is 7.05 Å². The van der Waals surface area contributed by atoms with Crippen LogP contribution < -0.4 is 15.0 Å². The molecule has 0 bridgehead atoms. The molecule has 0 saturated carbocycles. The van der Waals surface area contributed by atoms with Crippen molar-refractivity contribution >= 4 is 27.4 Å². The summed E-state index contributed by atoms with van der Waals surface area (Å²) in [5.41, 5.74) is 11.8. The summed E-state index contributed by atoms with van der Waals surface area (Å²) in [5.74, 6) is 1.63. The number of aromatic nitrogens is 1. The average Bonchev–Trinajstić information content (AvgIpc) is 2.62. The number of ether oxygens (including phenoxy) is 1. The number of fused-ring (bicyclic) bond motifs is 3. The molecule has 0 fully saturated rings. The second-order valence-corrected chi connectivity index (χ2v) is 6.38. The predicted molar refractivity (Wildman–Crippen MR) is 97.3 cm³/mol. The van der Waals surface area contributed by atoms with Gasteiger partial charge in [0.1, 0.15) is 12.8 Å². The zero-order chi connectivity index (χ0) is 16.4. The van der Waals surface area contributed by atoms with Gasteiger partial charge in [-0.2, -0.15) is 4.57 Å². The predicted octanol–water partition coefficient (Wildman–Crippen LogP) is 4.48. The molecule has 0 saturated heterocycles. The topological polar surface area (TPSA) is 39.1 Å². The molecule has 3 aromatic carbocycles. The number of nitrogen functional groups attached to an aromatic ring is 1. The molecule has 4 aromatic rings. The lowest BCUT2D eigenvalue weighted by atomic mass is 9.93. The van der Waals surface area contributed by atoms with Crippen LogP contribution in [0.15, 0.2) is 54.6 Å². The molecule has 0 atom stereocenters. The Bertz CT molecular complexity index is 1160. The third-order valence-electron chi connectivity index (χ3n) is 5.02. The molecule has 0 radical (unpaired) electrons. The molecule has 116 valence electrons. The molecule has 5 rings (SSSR count). The van der Waals surface area contributed by atoms with Crippen LogP contribution in [0.1, 0.15) is 5.56 Å². The van der Waals surface area contributed by atoms with Gasteiger partial charge < -0.3 is 10.5 Å². The Morgan fingerprint density at radius 3 is 2.67 bits per heavy atom. The van der Waals surface area contributed by atoms with E-state index in [9.17, 15) is 0 Å². The van der Waals surface area contributed by atoms with Gasteiger partial charge in [-0.3, -0.25) is 0 Å². The van der Waals surface area contributed by atoms with Crippen LogP contribution in [0.25, 0.3) is 32.9 Å². The lowest BCUT2D eigenvalue weighted by Gasteiger charge is -2.22. The Morgan fingerprint density at radius 2 is 1.79 bits per heavy atom. The van der Waals surface area contributed by atoms with Crippen LogP contribution >= 0.6 is 0 Å². The number of hydrogen-bond acceptors (Lipinski definition) is 2. The van der Waals surface area contributed by atoms with Crippen molar-refractivity contribution < 1.29 is 9.30 Å². The van der Waals surface area contributed by atoms with Crippen molar-refractivity contribution in [3.63, 3.8) is 0 Å². The molecule has 24 heavy (non-hydrogen) atoms. The number of rotatable bonds is 0. The first-order valence-corrected chi connectivity index (χ1v) is 8.07. The van der Waals surface area contributed by atoms with Gasteiger partial charge in [-0.1, -0.05) is 36.4 Å². The molecule has 3 heteroatoms. The number of anilines is 1. The number of aryl methyl sites for hydroxylation is 2. The standard InChI is InChI=1S/C21H16N2O/c1-12-10-11-13-6-5-9-16-18(13)17(12)20-21(24-16)19(22)14-7-3-4-8-15(14)23(20)2/h3-11,22H,1-2H3/p+1. The van der Waals surface area contributed by atoms with E-state index in [1.54, 1.807) is 0 Å². The zero-order valence-corrected chi connectivity index (χ0v) is 13.6. The molecular weight excluding hydrogens is 296 g/mol. The highest BCUT2D eigenvalue weighted by molar-refractivity contribution is 6.07. The van der Waals surface area contributed by atoms with Gasteiger partial charge in [-0.25, -0.2) is 0 Å². The van der Waals surface area contributed by atoms with Crippen LogP contribution in [0.3, 0.4) is 0 Å². The SMILES string of the molecule is Cc1ccc2cccc3c2c1-c1c(c(N)c2ccccc2[n+]1C)O3. The van der Waals surface area contributed by atoms with Gasteiger partial charge in [0.05, 0.1) is 16.6 Å². The van der Waals surface area contributed by atoms with Crippen LogP contribution in [0.2, 0.25) is 0 Å².